The van der Waals surface area contributed by atoms with E-state index in [1.807, 2.05) is 0 Å². The zero-order chi connectivity index (χ0) is 12.1. The van der Waals surface area contributed by atoms with E-state index >= 15 is 0 Å². The van der Waals surface area contributed by atoms with Crippen molar-refractivity contribution in [1.29, 1.82) is 0 Å². The van der Waals surface area contributed by atoms with Gasteiger partial charge in [-0.3, -0.25) is 9.59 Å². The Labute approximate surface area is 106 Å². The van der Waals surface area contributed by atoms with Crippen molar-refractivity contribution in [2.24, 2.45) is 17.4 Å². The van der Waals surface area contributed by atoms with E-state index in [0.717, 1.165) is 0 Å². The molecule has 94 valence electrons. The molecule has 1 atom stereocenters. The predicted octanol–water partition coefficient (Wildman–Crippen LogP) is 0.741. The average molecular weight is 258 g/mol. The molecular formula is C11H16ClN3O2. The molecule has 6 heteroatoms. The molecule has 0 bridgehead atoms. The van der Waals surface area contributed by atoms with Crippen LogP contribution in [0.5, 0.6) is 0 Å². The molecule has 0 spiro atoms. The Morgan fingerprint density at radius 1 is 1.29 bits per heavy atom. The Morgan fingerprint density at radius 3 is 2.24 bits per heavy atom. The maximum atomic E-state index is 11.5. The first-order valence-electron chi connectivity index (χ1n) is 4.95. The second-order valence-electron chi connectivity index (χ2n) is 3.57. The summed E-state index contributed by atoms with van der Waals surface area (Å²) in [4.78, 5) is 22.3. The van der Waals surface area contributed by atoms with E-state index in [-0.39, 0.29) is 24.2 Å². The number of hydrogen-bond donors (Lipinski definition) is 3. The molecule has 1 rings (SSSR count). The van der Waals surface area contributed by atoms with Crippen LogP contribution in [0.15, 0.2) is 24.3 Å². The molecule has 0 saturated heterocycles. The fourth-order valence-electron chi connectivity index (χ4n) is 1.09. The minimum atomic E-state index is -0.492. The zero-order valence-electron chi connectivity index (χ0n) is 9.47. The van der Waals surface area contributed by atoms with E-state index in [9.17, 15) is 9.59 Å². The molecular weight excluding hydrogens is 242 g/mol. The smallest absolute Gasteiger partial charge is 0.248 e. The Morgan fingerprint density at radius 2 is 1.82 bits per heavy atom. The summed E-state index contributed by atoms with van der Waals surface area (Å²) in [6, 6.07) is 6.37. The maximum Gasteiger partial charge on any atom is 0.248 e. The topological polar surface area (TPSA) is 98.2 Å². The van der Waals surface area contributed by atoms with Gasteiger partial charge in [0, 0.05) is 23.7 Å². The van der Waals surface area contributed by atoms with E-state index in [0.29, 0.717) is 17.8 Å². The second-order valence-corrected chi connectivity index (χ2v) is 3.57. The molecule has 0 aromatic heterocycles. The van der Waals surface area contributed by atoms with Crippen LogP contribution in [0, 0.1) is 5.92 Å². The molecule has 1 aromatic carbocycles. The molecule has 17 heavy (non-hydrogen) atoms. The summed E-state index contributed by atoms with van der Waals surface area (Å²) >= 11 is 0. The van der Waals surface area contributed by atoms with Gasteiger partial charge in [0.25, 0.3) is 0 Å². The average Bonchev–Trinajstić information content (AvgIpc) is 2.28. The Balaban J connectivity index is 0.00000256. The molecule has 1 aromatic rings. The molecule has 1 unspecified atom stereocenters. The van der Waals surface area contributed by atoms with Crippen molar-refractivity contribution >= 4 is 29.9 Å². The molecule has 0 heterocycles. The fourth-order valence-corrected chi connectivity index (χ4v) is 1.09. The van der Waals surface area contributed by atoms with Crippen LogP contribution in [0.2, 0.25) is 0 Å². The lowest BCUT2D eigenvalue weighted by Gasteiger charge is -2.09. The summed E-state index contributed by atoms with van der Waals surface area (Å²) < 4.78 is 0. The summed E-state index contributed by atoms with van der Waals surface area (Å²) in [5.74, 6) is -0.877. The highest BCUT2D eigenvalue weighted by molar-refractivity contribution is 5.95. The van der Waals surface area contributed by atoms with E-state index < -0.39 is 5.91 Å². The molecule has 0 radical (unpaired) electrons. The van der Waals surface area contributed by atoms with Crippen LogP contribution in [-0.2, 0) is 4.79 Å². The Kier molecular flexibility index (Phi) is 6.23. The van der Waals surface area contributed by atoms with Gasteiger partial charge in [-0.25, -0.2) is 0 Å². The highest BCUT2D eigenvalue weighted by Gasteiger charge is 2.10. The van der Waals surface area contributed by atoms with Gasteiger partial charge >= 0.3 is 0 Å². The van der Waals surface area contributed by atoms with E-state index in [1.54, 1.807) is 31.2 Å². The number of rotatable bonds is 4. The van der Waals surface area contributed by atoms with E-state index in [1.165, 1.54) is 0 Å². The predicted molar refractivity (Wildman–Crippen MR) is 69.1 cm³/mol. The van der Waals surface area contributed by atoms with Crippen molar-refractivity contribution in [1.82, 2.24) is 0 Å². The van der Waals surface area contributed by atoms with Crippen molar-refractivity contribution in [3.8, 4) is 0 Å². The summed E-state index contributed by atoms with van der Waals surface area (Å²) in [7, 11) is 0. The third kappa shape index (κ3) is 4.42. The lowest BCUT2D eigenvalue weighted by molar-refractivity contribution is -0.119. The number of benzene rings is 1. The van der Waals surface area contributed by atoms with Gasteiger partial charge in [0.2, 0.25) is 11.8 Å². The van der Waals surface area contributed by atoms with Crippen LogP contribution in [0.25, 0.3) is 0 Å². The van der Waals surface area contributed by atoms with Crippen molar-refractivity contribution in [2.75, 3.05) is 11.9 Å². The van der Waals surface area contributed by atoms with E-state index in [2.05, 4.69) is 5.32 Å². The monoisotopic (exact) mass is 257 g/mol. The van der Waals surface area contributed by atoms with Crippen molar-refractivity contribution in [3.05, 3.63) is 29.8 Å². The SMILES string of the molecule is CC(CN)C(=O)Nc1ccc(C(N)=O)cc1.Cl. The lowest BCUT2D eigenvalue weighted by Crippen LogP contribution is -2.26. The number of primary amides is 1. The highest BCUT2D eigenvalue weighted by atomic mass is 35.5. The molecule has 0 aliphatic rings. The van der Waals surface area contributed by atoms with Gasteiger partial charge in [0.05, 0.1) is 0 Å². The summed E-state index contributed by atoms with van der Waals surface area (Å²) in [5.41, 5.74) is 11.5. The van der Waals surface area contributed by atoms with Gasteiger partial charge in [0.1, 0.15) is 0 Å². The van der Waals surface area contributed by atoms with Crippen LogP contribution in [0.1, 0.15) is 17.3 Å². The Bertz CT molecular complexity index is 392. The van der Waals surface area contributed by atoms with Crippen LogP contribution in [-0.4, -0.2) is 18.4 Å². The van der Waals surface area contributed by atoms with Crippen LogP contribution in [0.3, 0.4) is 0 Å². The first-order valence-corrected chi connectivity index (χ1v) is 4.95. The van der Waals surface area contributed by atoms with E-state index in [4.69, 9.17) is 11.5 Å². The van der Waals surface area contributed by atoms with Crippen LogP contribution in [0.4, 0.5) is 5.69 Å². The number of amides is 2. The van der Waals surface area contributed by atoms with Gasteiger partial charge < -0.3 is 16.8 Å². The van der Waals surface area contributed by atoms with Crippen molar-refractivity contribution in [3.63, 3.8) is 0 Å². The molecule has 0 saturated carbocycles. The maximum absolute atomic E-state index is 11.5. The molecule has 2 amide bonds. The number of nitrogens with one attached hydrogen (secondary N) is 1. The number of hydrogen-bond acceptors (Lipinski definition) is 3. The van der Waals surface area contributed by atoms with Gasteiger partial charge in [-0.05, 0) is 24.3 Å². The minimum absolute atomic E-state index is 0. The normalized spacial score (nSPS) is 11.2. The molecule has 5 nitrogen and oxygen atoms in total. The third-order valence-corrected chi connectivity index (χ3v) is 2.24. The summed E-state index contributed by atoms with van der Waals surface area (Å²) in [6.45, 7) is 2.04. The second kappa shape index (κ2) is 6.88. The first-order chi connectivity index (χ1) is 7.54. The number of carbonyl (C=O) groups excluding carboxylic acids is 2. The van der Waals surface area contributed by atoms with Gasteiger partial charge in [0.15, 0.2) is 0 Å². The molecule has 5 N–H and O–H groups in total. The molecule has 0 aliphatic heterocycles. The van der Waals surface area contributed by atoms with Gasteiger partial charge in [-0.2, -0.15) is 0 Å². The molecule has 0 aliphatic carbocycles. The number of carbonyl (C=O) groups is 2. The number of nitrogens with two attached hydrogens (primary N) is 2. The summed E-state index contributed by atoms with van der Waals surface area (Å²) in [5, 5.41) is 2.69. The van der Waals surface area contributed by atoms with Crippen LogP contribution >= 0.6 is 12.4 Å². The van der Waals surface area contributed by atoms with Crippen molar-refractivity contribution < 1.29 is 9.59 Å². The van der Waals surface area contributed by atoms with Gasteiger partial charge in [-0.1, -0.05) is 6.92 Å². The van der Waals surface area contributed by atoms with Crippen molar-refractivity contribution in [2.45, 2.75) is 6.92 Å². The Hall–Kier alpha value is -1.59. The summed E-state index contributed by atoms with van der Waals surface area (Å²) in [6.07, 6.45) is 0. The lowest BCUT2D eigenvalue weighted by atomic mass is 10.1. The highest BCUT2D eigenvalue weighted by Crippen LogP contribution is 2.10. The molecule has 0 fully saturated rings. The minimum Gasteiger partial charge on any atom is -0.366 e. The fraction of sp³-hybridized carbons (Fsp3) is 0.273. The largest absolute Gasteiger partial charge is 0.366 e. The number of anilines is 1. The first kappa shape index (κ1) is 15.4. The van der Waals surface area contributed by atoms with Gasteiger partial charge in [-0.15, -0.1) is 12.4 Å². The standard InChI is InChI=1S/C11H15N3O2.ClH/c1-7(6-12)11(16)14-9-4-2-8(3-5-9)10(13)15;/h2-5,7H,6,12H2,1H3,(H2,13,15)(H,14,16);1H. The number of halogens is 1. The zero-order valence-corrected chi connectivity index (χ0v) is 10.3. The quantitative estimate of drug-likeness (QED) is 0.742. The van der Waals surface area contributed by atoms with Crippen LogP contribution < -0.4 is 16.8 Å². The third-order valence-electron chi connectivity index (χ3n) is 2.24.